The summed E-state index contributed by atoms with van der Waals surface area (Å²) in [4.78, 5) is 18.5. The molecule has 0 amide bonds. The molecule has 13 heteroatoms. The molecule has 2 unspecified atom stereocenters. The van der Waals surface area contributed by atoms with E-state index in [9.17, 15) is 0 Å². The summed E-state index contributed by atoms with van der Waals surface area (Å²) >= 11 is 2.54. The fourth-order valence-electron chi connectivity index (χ4n) is 7.74. The molecule has 2 N–H and O–H groups in total. The van der Waals surface area contributed by atoms with Crippen LogP contribution in [0, 0.1) is 6.07 Å². The molecule has 0 saturated carbocycles. The van der Waals surface area contributed by atoms with Gasteiger partial charge in [-0.05, 0) is 20.3 Å². The van der Waals surface area contributed by atoms with Crippen LogP contribution in [-0.4, -0.2) is 96.7 Å². The van der Waals surface area contributed by atoms with E-state index in [0.29, 0.717) is 6.42 Å². The van der Waals surface area contributed by atoms with Crippen LogP contribution in [-0.2, 0) is 19.4 Å². The molecule has 1 fully saturated rings. The first kappa shape index (κ1) is 46.8. The summed E-state index contributed by atoms with van der Waals surface area (Å²) in [5.41, 5.74) is 11.0. The van der Waals surface area contributed by atoms with Gasteiger partial charge in [0.05, 0.1) is 12.2 Å². The van der Waals surface area contributed by atoms with Crippen LogP contribution in [0.1, 0.15) is 20.3 Å². The fraction of sp³-hybridized carbons (Fsp3) is 0.260. The monoisotopic (exact) mass is 1020 g/mol. The van der Waals surface area contributed by atoms with Crippen LogP contribution in [0.25, 0.3) is 0 Å². The van der Waals surface area contributed by atoms with Gasteiger partial charge in [-0.25, -0.2) is 0 Å². The summed E-state index contributed by atoms with van der Waals surface area (Å²) in [6, 6.07) is 58.4. The molecule has 1 heterocycles. The first-order chi connectivity index (χ1) is 30.2. The third-order valence-corrected chi connectivity index (χ3v) is 12.0. The van der Waals surface area contributed by atoms with E-state index >= 15 is 0 Å². The Labute approximate surface area is 387 Å². The predicted molar refractivity (Wildman–Crippen MR) is 269 cm³/mol. The Kier molecular flexibility index (Phi) is 15.7. The molecule has 6 aromatic rings. The molecule has 6 aromatic carbocycles. The van der Waals surface area contributed by atoms with Crippen LogP contribution >= 0.6 is 0 Å². The molecule has 0 aliphatic carbocycles. The summed E-state index contributed by atoms with van der Waals surface area (Å²) in [6.45, 7) is 2.72. The third kappa shape index (κ3) is 11.1. The summed E-state index contributed by atoms with van der Waals surface area (Å²) in [7, 11) is 16.7. The molecule has 0 spiro atoms. The summed E-state index contributed by atoms with van der Waals surface area (Å²) in [6.07, 6.45) is -0.278. The van der Waals surface area contributed by atoms with Crippen molar-refractivity contribution in [1.82, 2.24) is 0 Å². The Morgan fingerprint density at radius 1 is 0.460 bits per heavy atom. The van der Waals surface area contributed by atoms with Crippen molar-refractivity contribution in [2.45, 2.75) is 32.5 Å². The molecule has 2 atom stereocenters. The van der Waals surface area contributed by atoms with Crippen molar-refractivity contribution >= 4 is 74.8 Å². The normalized spacial score (nSPS) is 13.3. The van der Waals surface area contributed by atoms with Gasteiger partial charge in [-0.3, -0.25) is 0 Å². The average molecular weight is 1020 g/mol. The fourth-order valence-corrected chi connectivity index (χ4v) is 8.91. The summed E-state index contributed by atoms with van der Waals surface area (Å²) in [5, 5.41) is 17.1. The van der Waals surface area contributed by atoms with E-state index in [4.69, 9.17) is 10.2 Å². The molecule has 1 saturated heterocycles. The van der Waals surface area contributed by atoms with Gasteiger partial charge in [-0.2, -0.15) is 0 Å². The number of rotatable bonds is 14. The minimum absolute atomic E-state index is 0.295. The van der Waals surface area contributed by atoms with Crippen molar-refractivity contribution in [1.29, 1.82) is 0 Å². The molecule has 0 aromatic heterocycles. The second-order valence-electron chi connectivity index (χ2n) is 16.7. The van der Waals surface area contributed by atoms with Crippen LogP contribution in [0.15, 0.2) is 152 Å². The molecule has 0 radical (unpaired) electrons. The van der Waals surface area contributed by atoms with Crippen molar-refractivity contribution in [2.24, 2.45) is 0 Å². The first-order valence-electron chi connectivity index (χ1n) is 21.3. The second-order valence-corrected chi connectivity index (χ2v) is 17.7. The summed E-state index contributed by atoms with van der Waals surface area (Å²) in [5.74, 6) is 0. The van der Waals surface area contributed by atoms with Crippen LogP contribution in [0.3, 0.4) is 0 Å². The van der Waals surface area contributed by atoms with Crippen LogP contribution < -0.4 is 38.8 Å². The van der Waals surface area contributed by atoms with E-state index in [1.165, 1.54) is 0 Å². The van der Waals surface area contributed by atoms with Crippen molar-refractivity contribution < 1.29 is 29.6 Å². The van der Waals surface area contributed by atoms with Crippen molar-refractivity contribution in [3.63, 3.8) is 0 Å². The zero-order chi connectivity index (χ0) is 45.4. The van der Waals surface area contributed by atoms with Gasteiger partial charge < -0.3 is 10.2 Å². The number of hydrogen-bond donors (Lipinski definition) is 2. The van der Waals surface area contributed by atoms with Gasteiger partial charge in [-0.15, -0.1) is 0 Å². The Bertz CT molecular complexity index is 2070. The van der Waals surface area contributed by atoms with Gasteiger partial charge in [-0.1, -0.05) is 0 Å². The Hall–Kier alpha value is -5.67. The minimum atomic E-state index is -0.375. The molecule has 1 aliphatic rings. The van der Waals surface area contributed by atoms with E-state index in [2.05, 4.69) is 260 Å². The van der Waals surface area contributed by atoms with E-state index < -0.39 is 0 Å². The summed E-state index contributed by atoms with van der Waals surface area (Å²) < 4.78 is 1.06. The number of aliphatic hydroxyl groups is 2. The predicted octanol–water partition coefficient (Wildman–Crippen LogP) is 8.58. The number of anilines is 10. The van der Waals surface area contributed by atoms with Crippen LogP contribution in [0.4, 0.5) is 56.9 Å². The average Bonchev–Trinajstić information content (AvgIpc) is 3.56. The van der Waals surface area contributed by atoms with Gasteiger partial charge in [0.25, 0.3) is 0 Å². The molecule has 0 bridgehead atoms. The SMILES string of the molecule is CC(O)CC(C)O.CN(C)c1ccc(N(B2B(N(c3ccc(N(C)C)cc3)c3ccc(N(C)C)cc3)N(c3ccccc3)[C](=[Pt])N2c2[c-]cccc2)c2ccc(N(C)C)cc2)cc1. The van der Waals surface area contributed by atoms with E-state index in [1.54, 1.807) is 13.8 Å². The standard InChI is InChI=1S/C45H49B2N8.C5H12O2.Pt/c1-48(2)36-19-27-42(28-20-36)54(43-29-21-37(22-30-43)49(3)4)46-47(53(41-17-13-10-14-18-41)35-52(46)40-15-11-9-12-16-40)55(44-31-23-38(24-32-44)50(5)6)45-33-25-39(26-34-45)51(7)8;1-4(6)3-5(2)7;/h9-17,19-34H,1-8H3;4-7H,3H2,1-2H3;/q-1;;. The van der Waals surface area contributed by atoms with Crippen molar-refractivity contribution in [3.05, 3.63) is 158 Å². The van der Waals surface area contributed by atoms with Gasteiger partial charge >= 0.3 is 347 Å². The van der Waals surface area contributed by atoms with E-state index in [1.807, 2.05) is 12.1 Å². The number of para-hydroxylation sites is 2. The molecule has 330 valence electrons. The maximum absolute atomic E-state index is 8.56. The number of benzene rings is 6. The van der Waals surface area contributed by atoms with Crippen LogP contribution in [0.2, 0.25) is 0 Å². The number of aliphatic hydroxyl groups excluding tert-OH is 2. The second kappa shape index (κ2) is 21.1. The van der Waals surface area contributed by atoms with Gasteiger partial charge in [0.2, 0.25) is 0 Å². The van der Waals surface area contributed by atoms with E-state index in [-0.39, 0.29) is 26.0 Å². The molecule has 10 nitrogen and oxygen atoms in total. The molecule has 1 aliphatic heterocycles. The van der Waals surface area contributed by atoms with Crippen molar-refractivity contribution in [2.75, 3.05) is 95.2 Å². The van der Waals surface area contributed by atoms with Gasteiger partial charge in [0, 0.05) is 0 Å². The molecule has 63 heavy (non-hydrogen) atoms. The first-order valence-corrected chi connectivity index (χ1v) is 22.4. The Balaban J connectivity index is 0.000000871. The Morgan fingerprint density at radius 3 is 1.06 bits per heavy atom. The van der Waals surface area contributed by atoms with Crippen LogP contribution in [0.5, 0.6) is 0 Å². The number of nitrogens with zero attached hydrogens (tertiary/aromatic N) is 8. The topological polar surface area (TPSA) is 66.4 Å². The van der Waals surface area contributed by atoms with E-state index in [0.717, 1.165) is 61.0 Å². The zero-order valence-corrected chi connectivity index (χ0v) is 40.5. The van der Waals surface area contributed by atoms with Gasteiger partial charge in [0.1, 0.15) is 0 Å². The number of hydrogen-bond acceptors (Lipinski definition) is 10. The zero-order valence-electron chi connectivity index (χ0n) is 38.2. The molecular weight excluding hydrogens is 961 g/mol. The van der Waals surface area contributed by atoms with Crippen molar-refractivity contribution in [3.8, 4) is 0 Å². The molecular formula is C50H61B2N8O2Pt-. The maximum atomic E-state index is 8.56. The van der Waals surface area contributed by atoms with Gasteiger partial charge in [0.15, 0.2) is 0 Å². The third-order valence-electron chi connectivity index (χ3n) is 10.9. The Morgan fingerprint density at radius 2 is 0.778 bits per heavy atom. The molecule has 7 rings (SSSR count). The quantitative estimate of drug-likeness (QED) is 0.0821.